The topological polar surface area (TPSA) is 34.1 Å². The van der Waals surface area contributed by atoms with Gasteiger partial charge in [0, 0.05) is 9.80 Å². The van der Waals surface area contributed by atoms with Crippen molar-refractivity contribution in [2.75, 3.05) is 0 Å². The van der Waals surface area contributed by atoms with E-state index in [4.69, 9.17) is 0 Å². The highest BCUT2D eigenvalue weighted by Gasteiger charge is 2.15. The molecule has 0 spiro atoms. The van der Waals surface area contributed by atoms with E-state index in [0.29, 0.717) is 9.80 Å². The predicted molar refractivity (Wildman–Crippen MR) is 105 cm³/mol. The average molecular weight is 367 g/mol. The Morgan fingerprint density at radius 1 is 0.840 bits per heavy atom. The first-order chi connectivity index (χ1) is 12.0. The highest BCUT2D eigenvalue weighted by Crippen LogP contribution is 2.36. The van der Waals surface area contributed by atoms with Gasteiger partial charge in [0.1, 0.15) is 0 Å². The monoisotopic (exact) mass is 366 g/mol. The Morgan fingerprint density at radius 2 is 1.48 bits per heavy atom. The van der Waals surface area contributed by atoms with E-state index in [0.717, 1.165) is 16.0 Å². The maximum atomic E-state index is 12.8. The number of benzene rings is 3. The van der Waals surface area contributed by atoms with E-state index in [-0.39, 0.29) is 0 Å². The maximum absolute atomic E-state index is 12.8. The van der Waals surface area contributed by atoms with Crippen LogP contribution in [0.5, 0.6) is 0 Å². The first-order valence-corrected chi connectivity index (χ1v) is 10.2. The van der Waals surface area contributed by atoms with Gasteiger partial charge < -0.3 is 0 Å². The van der Waals surface area contributed by atoms with Gasteiger partial charge in [-0.2, -0.15) is 0 Å². The van der Waals surface area contributed by atoms with Crippen molar-refractivity contribution < 1.29 is 8.42 Å². The van der Waals surface area contributed by atoms with Gasteiger partial charge in [0.05, 0.1) is 10.3 Å². The Kier molecular flexibility index (Phi) is 5.41. The molecule has 0 aromatic heterocycles. The lowest BCUT2D eigenvalue weighted by molar-refractivity contribution is 0.605. The minimum atomic E-state index is -3.52. The van der Waals surface area contributed by atoms with E-state index in [1.54, 1.807) is 24.3 Å². The van der Waals surface area contributed by atoms with E-state index in [2.05, 4.69) is 0 Å². The molecule has 3 aromatic carbocycles. The second-order valence-corrected chi connectivity index (χ2v) is 8.54. The van der Waals surface area contributed by atoms with Crippen LogP contribution in [0.2, 0.25) is 0 Å². The summed E-state index contributed by atoms with van der Waals surface area (Å²) in [5, 5.41) is 1.37. The summed E-state index contributed by atoms with van der Waals surface area (Å²) in [6, 6.07) is 26.2. The van der Waals surface area contributed by atoms with Gasteiger partial charge >= 0.3 is 0 Å². The van der Waals surface area contributed by atoms with Gasteiger partial charge in [-0.1, -0.05) is 78.0 Å². The molecule has 0 saturated heterocycles. The molecular weight excluding hydrogens is 348 g/mol. The molecule has 0 aliphatic rings. The number of hydrogen-bond donors (Lipinski definition) is 0. The molecule has 3 rings (SSSR count). The van der Waals surface area contributed by atoms with E-state index >= 15 is 0 Å². The van der Waals surface area contributed by atoms with Crippen molar-refractivity contribution >= 4 is 26.5 Å². The van der Waals surface area contributed by atoms with Crippen LogP contribution in [0, 0.1) is 6.92 Å². The molecule has 0 aliphatic heterocycles. The molecular formula is C21H18O2S2. The van der Waals surface area contributed by atoms with Gasteiger partial charge in [0.2, 0.25) is 9.84 Å². The minimum absolute atomic E-state index is 0.300. The second-order valence-electron chi connectivity index (χ2n) is 5.62. The average Bonchev–Trinajstić information content (AvgIpc) is 2.63. The molecule has 0 amide bonds. The van der Waals surface area contributed by atoms with Crippen LogP contribution in [-0.2, 0) is 9.84 Å². The number of sulfone groups is 1. The number of rotatable bonds is 5. The summed E-state index contributed by atoms with van der Waals surface area (Å²) in [6.07, 6.45) is 0. The highest BCUT2D eigenvalue weighted by atomic mass is 32.2. The molecule has 0 atom stereocenters. The quantitative estimate of drug-likeness (QED) is 0.554. The Balaban J connectivity index is 2.07. The largest absolute Gasteiger partial charge is 0.219 e. The van der Waals surface area contributed by atoms with Crippen LogP contribution in [-0.4, -0.2) is 8.42 Å². The Labute approximate surface area is 153 Å². The van der Waals surface area contributed by atoms with Crippen LogP contribution in [0.3, 0.4) is 0 Å². The summed E-state index contributed by atoms with van der Waals surface area (Å²) in [5.74, 6) is 0. The molecule has 0 aliphatic carbocycles. The van der Waals surface area contributed by atoms with Crippen LogP contribution in [0.1, 0.15) is 11.1 Å². The lowest BCUT2D eigenvalue weighted by Crippen LogP contribution is -1.97. The first-order valence-electron chi connectivity index (χ1n) is 7.86. The van der Waals surface area contributed by atoms with Gasteiger partial charge in [0.25, 0.3) is 0 Å². The van der Waals surface area contributed by atoms with Gasteiger partial charge in [0.15, 0.2) is 0 Å². The molecule has 0 bridgehead atoms. The molecule has 3 aromatic rings. The van der Waals surface area contributed by atoms with Gasteiger partial charge in [-0.15, -0.1) is 0 Å². The van der Waals surface area contributed by atoms with Crippen molar-refractivity contribution in [1.82, 2.24) is 0 Å². The third-order valence-electron chi connectivity index (χ3n) is 3.61. The fourth-order valence-corrected chi connectivity index (χ4v) is 4.84. The van der Waals surface area contributed by atoms with Crippen molar-refractivity contribution in [3.8, 4) is 0 Å². The number of thioether (sulfide) groups is 1. The molecule has 4 heteroatoms. The molecule has 0 heterocycles. The molecule has 0 unspecified atom stereocenters. The summed E-state index contributed by atoms with van der Waals surface area (Å²) in [4.78, 5) is 2.01. The molecule has 2 nitrogen and oxygen atoms in total. The molecule has 0 radical (unpaired) electrons. The second kappa shape index (κ2) is 7.72. The van der Waals surface area contributed by atoms with Crippen LogP contribution >= 0.6 is 11.8 Å². The molecule has 0 saturated carbocycles. The van der Waals surface area contributed by atoms with Crippen molar-refractivity contribution in [1.29, 1.82) is 0 Å². The summed E-state index contributed by atoms with van der Waals surface area (Å²) in [7, 11) is -3.52. The minimum Gasteiger partial charge on any atom is -0.219 e. The first kappa shape index (κ1) is 17.5. The summed E-state index contributed by atoms with van der Waals surface area (Å²) < 4.78 is 25.6. The Hall–Kier alpha value is -2.30. The third-order valence-corrected chi connectivity index (χ3v) is 6.31. The zero-order valence-corrected chi connectivity index (χ0v) is 15.4. The summed E-state index contributed by atoms with van der Waals surface area (Å²) >= 11 is 1.45. The Bertz CT molecular complexity index is 977. The van der Waals surface area contributed by atoms with E-state index in [1.807, 2.05) is 67.6 Å². The normalized spacial score (nSPS) is 12.1. The highest BCUT2D eigenvalue weighted by molar-refractivity contribution is 8.09. The fraction of sp³-hybridized carbons (Fsp3) is 0.0476. The molecule has 126 valence electrons. The van der Waals surface area contributed by atoms with Crippen LogP contribution in [0.4, 0.5) is 0 Å². The maximum Gasteiger partial charge on any atom is 0.200 e. The van der Waals surface area contributed by atoms with E-state index in [9.17, 15) is 8.42 Å². The summed E-state index contributed by atoms with van der Waals surface area (Å²) in [5.41, 5.74) is 1.99. The zero-order valence-electron chi connectivity index (χ0n) is 13.8. The lowest BCUT2D eigenvalue weighted by Gasteiger charge is -2.09. The van der Waals surface area contributed by atoms with Crippen molar-refractivity contribution in [2.45, 2.75) is 16.7 Å². The van der Waals surface area contributed by atoms with Crippen LogP contribution < -0.4 is 0 Å². The number of hydrogen-bond acceptors (Lipinski definition) is 3. The molecule has 25 heavy (non-hydrogen) atoms. The van der Waals surface area contributed by atoms with Gasteiger partial charge in [-0.25, -0.2) is 8.42 Å². The standard InChI is InChI=1S/C21H18O2S2/c1-17-9-8-10-18(15-17)21(24-19-11-4-2-5-12-19)16-25(22,23)20-13-6-3-7-14-20/h2-16H,1H3/b21-16+. The zero-order chi connectivity index (χ0) is 17.7. The van der Waals surface area contributed by atoms with Gasteiger partial charge in [-0.05, 0) is 36.8 Å². The predicted octanol–water partition coefficient (Wildman–Crippen LogP) is 5.56. The van der Waals surface area contributed by atoms with Gasteiger partial charge in [-0.3, -0.25) is 0 Å². The van der Waals surface area contributed by atoms with E-state index in [1.165, 1.54) is 17.2 Å². The van der Waals surface area contributed by atoms with Crippen LogP contribution in [0.15, 0.2) is 100 Å². The van der Waals surface area contributed by atoms with Crippen molar-refractivity contribution in [3.63, 3.8) is 0 Å². The van der Waals surface area contributed by atoms with Crippen molar-refractivity contribution in [2.24, 2.45) is 0 Å². The fourth-order valence-electron chi connectivity index (χ4n) is 2.38. The Morgan fingerprint density at radius 3 is 2.12 bits per heavy atom. The smallest absolute Gasteiger partial charge is 0.200 e. The van der Waals surface area contributed by atoms with Crippen LogP contribution in [0.25, 0.3) is 4.91 Å². The SMILES string of the molecule is Cc1cccc(/C(=C\S(=O)(=O)c2ccccc2)Sc2ccccc2)c1. The number of aryl methyl sites for hydroxylation is 1. The summed E-state index contributed by atoms with van der Waals surface area (Å²) in [6.45, 7) is 2.00. The molecule has 0 fully saturated rings. The van der Waals surface area contributed by atoms with E-state index < -0.39 is 9.84 Å². The third kappa shape index (κ3) is 4.62. The van der Waals surface area contributed by atoms with Crippen molar-refractivity contribution in [3.05, 3.63) is 101 Å². The lowest BCUT2D eigenvalue weighted by atomic mass is 10.1. The molecule has 0 N–H and O–H groups in total.